The Balaban J connectivity index is 2.24. The van der Waals surface area contributed by atoms with Crippen molar-refractivity contribution in [3.63, 3.8) is 0 Å². The summed E-state index contributed by atoms with van der Waals surface area (Å²) in [4.78, 5) is 6.97. The zero-order valence-corrected chi connectivity index (χ0v) is 7.75. The first-order valence-corrected chi connectivity index (χ1v) is 4.58. The highest BCUT2D eigenvalue weighted by atomic mass is 16.6. The summed E-state index contributed by atoms with van der Waals surface area (Å²) in [6, 6.07) is 0. The number of nitrogens with zero attached hydrogens (tertiary/aromatic N) is 1. The van der Waals surface area contributed by atoms with Gasteiger partial charge in [0.05, 0.1) is 6.61 Å². The van der Waals surface area contributed by atoms with E-state index in [0.717, 1.165) is 19.5 Å². The molecule has 0 atom stereocenters. The molecule has 0 aromatic rings. The van der Waals surface area contributed by atoms with Crippen molar-refractivity contribution >= 4 is 0 Å². The quantitative estimate of drug-likeness (QED) is 0.503. The van der Waals surface area contributed by atoms with Crippen molar-refractivity contribution in [2.24, 2.45) is 5.90 Å². The summed E-state index contributed by atoms with van der Waals surface area (Å²) >= 11 is 0. The van der Waals surface area contributed by atoms with E-state index in [2.05, 4.69) is 22.7 Å². The maximum Gasteiger partial charge on any atom is 0.0716 e. The van der Waals surface area contributed by atoms with Crippen LogP contribution in [0.4, 0.5) is 0 Å². The molecule has 3 nitrogen and oxygen atoms in total. The first-order chi connectivity index (χ1) is 5.86. The molecular formula is C9H18N2O. The molecule has 0 aliphatic carbocycles. The van der Waals surface area contributed by atoms with Gasteiger partial charge in [0.25, 0.3) is 0 Å². The summed E-state index contributed by atoms with van der Waals surface area (Å²) in [6.07, 6.45) is 4.47. The Kier molecular flexibility index (Phi) is 4.29. The van der Waals surface area contributed by atoms with Gasteiger partial charge < -0.3 is 4.84 Å². The Labute approximate surface area is 74.1 Å². The third-order valence-corrected chi connectivity index (χ3v) is 2.38. The van der Waals surface area contributed by atoms with E-state index in [1.165, 1.54) is 18.5 Å². The number of hydrogen-bond donors (Lipinski definition) is 1. The minimum atomic E-state index is 0.651. The highest BCUT2D eigenvalue weighted by molar-refractivity contribution is 5.07. The van der Waals surface area contributed by atoms with Gasteiger partial charge in [-0.1, -0.05) is 18.6 Å². The maximum absolute atomic E-state index is 4.96. The Morgan fingerprint density at radius 3 is 3.00 bits per heavy atom. The lowest BCUT2D eigenvalue weighted by Crippen LogP contribution is -2.28. The molecule has 0 spiro atoms. The van der Waals surface area contributed by atoms with Gasteiger partial charge in [-0.05, 0) is 19.4 Å². The molecule has 0 aromatic carbocycles. The molecule has 0 aromatic heterocycles. The van der Waals surface area contributed by atoms with Crippen LogP contribution in [0, 0.1) is 0 Å². The van der Waals surface area contributed by atoms with Crippen LogP contribution in [0.15, 0.2) is 11.6 Å². The summed E-state index contributed by atoms with van der Waals surface area (Å²) < 4.78 is 0. The normalized spacial score (nSPS) is 19.3. The molecule has 1 heterocycles. The molecule has 0 amide bonds. The molecule has 0 radical (unpaired) electrons. The minimum absolute atomic E-state index is 0.651. The number of nitrogens with two attached hydrogens (primary N) is 1. The molecule has 3 heteroatoms. The van der Waals surface area contributed by atoms with Crippen molar-refractivity contribution in [1.29, 1.82) is 0 Å². The average Bonchev–Trinajstić information content (AvgIpc) is 2.15. The molecule has 0 saturated carbocycles. The van der Waals surface area contributed by atoms with Crippen LogP contribution in [0.2, 0.25) is 0 Å². The van der Waals surface area contributed by atoms with Crippen LogP contribution in [-0.4, -0.2) is 31.1 Å². The predicted octanol–water partition coefficient (Wildman–Crippen LogP) is 0.919. The van der Waals surface area contributed by atoms with Gasteiger partial charge in [0.2, 0.25) is 0 Å². The second-order valence-corrected chi connectivity index (χ2v) is 3.13. The monoisotopic (exact) mass is 170 g/mol. The number of rotatable bonds is 4. The van der Waals surface area contributed by atoms with Gasteiger partial charge in [-0.3, -0.25) is 4.90 Å². The average molecular weight is 170 g/mol. The molecule has 2 N–H and O–H groups in total. The van der Waals surface area contributed by atoms with Crippen LogP contribution in [0.5, 0.6) is 0 Å². The van der Waals surface area contributed by atoms with Crippen LogP contribution in [-0.2, 0) is 4.84 Å². The second kappa shape index (κ2) is 5.30. The molecule has 0 bridgehead atoms. The fraction of sp³-hybridized carbons (Fsp3) is 0.778. The second-order valence-electron chi connectivity index (χ2n) is 3.13. The van der Waals surface area contributed by atoms with Crippen molar-refractivity contribution in [3.8, 4) is 0 Å². The standard InChI is InChI=1S/C9H18N2O/c1-2-11-6-3-9(4-7-11)5-8-12-10/h3H,2,4-8,10H2,1H3. The van der Waals surface area contributed by atoms with E-state index in [9.17, 15) is 0 Å². The van der Waals surface area contributed by atoms with E-state index in [0.29, 0.717) is 6.61 Å². The number of hydrogen-bond acceptors (Lipinski definition) is 3. The fourth-order valence-electron chi connectivity index (χ4n) is 1.46. The van der Waals surface area contributed by atoms with E-state index in [1.807, 2.05) is 0 Å². The van der Waals surface area contributed by atoms with E-state index < -0.39 is 0 Å². The van der Waals surface area contributed by atoms with Gasteiger partial charge in [-0.2, -0.15) is 0 Å². The Bertz CT molecular complexity index is 157. The number of likely N-dealkylation sites (N-methyl/N-ethyl adjacent to an activating group) is 1. The lowest BCUT2D eigenvalue weighted by atomic mass is 10.1. The smallest absolute Gasteiger partial charge is 0.0716 e. The molecule has 1 aliphatic rings. The van der Waals surface area contributed by atoms with E-state index in [-0.39, 0.29) is 0 Å². The van der Waals surface area contributed by atoms with Gasteiger partial charge in [-0.25, -0.2) is 5.90 Å². The summed E-state index contributed by atoms with van der Waals surface area (Å²) in [5.74, 6) is 4.96. The van der Waals surface area contributed by atoms with Gasteiger partial charge in [0.1, 0.15) is 0 Å². The van der Waals surface area contributed by atoms with Crippen molar-refractivity contribution in [2.45, 2.75) is 19.8 Å². The van der Waals surface area contributed by atoms with E-state index in [4.69, 9.17) is 5.90 Å². The van der Waals surface area contributed by atoms with Crippen molar-refractivity contribution in [3.05, 3.63) is 11.6 Å². The molecule has 0 saturated heterocycles. The van der Waals surface area contributed by atoms with Crippen molar-refractivity contribution < 1.29 is 4.84 Å². The van der Waals surface area contributed by atoms with Gasteiger partial charge in [-0.15, -0.1) is 0 Å². The van der Waals surface area contributed by atoms with Crippen molar-refractivity contribution in [2.75, 3.05) is 26.2 Å². The fourth-order valence-corrected chi connectivity index (χ4v) is 1.46. The molecule has 70 valence electrons. The maximum atomic E-state index is 4.96. The highest BCUT2D eigenvalue weighted by Crippen LogP contribution is 2.13. The van der Waals surface area contributed by atoms with E-state index >= 15 is 0 Å². The zero-order chi connectivity index (χ0) is 8.81. The Morgan fingerprint density at radius 2 is 2.50 bits per heavy atom. The Hall–Kier alpha value is -0.380. The van der Waals surface area contributed by atoms with Crippen LogP contribution >= 0.6 is 0 Å². The van der Waals surface area contributed by atoms with Gasteiger partial charge >= 0.3 is 0 Å². The molecular weight excluding hydrogens is 152 g/mol. The van der Waals surface area contributed by atoms with Gasteiger partial charge in [0, 0.05) is 13.1 Å². The molecule has 1 rings (SSSR count). The minimum Gasteiger partial charge on any atom is -0.304 e. The van der Waals surface area contributed by atoms with Crippen LogP contribution in [0.1, 0.15) is 19.8 Å². The predicted molar refractivity (Wildman–Crippen MR) is 49.6 cm³/mol. The SMILES string of the molecule is CCN1CC=C(CCON)CC1. The molecule has 0 fully saturated rings. The topological polar surface area (TPSA) is 38.5 Å². The summed E-state index contributed by atoms with van der Waals surface area (Å²) in [5.41, 5.74) is 1.49. The highest BCUT2D eigenvalue weighted by Gasteiger charge is 2.08. The molecule has 1 aliphatic heterocycles. The zero-order valence-electron chi connectivity index (χ0n) is 7.75. The Morgan fingerprint density at radius 1 is 1.67 bits per heavy atom. The first-order valence-electron chi connectivity index (χ1n) is 4.58. The lowest BCUT2D eigenvalue weighted by molar-refractivity contribution is 0.139. The summed E-state index contributed by atoms with van der Waals surface area (Å²) in [6.45, 7) is 6.28. The third kappa shape index (κ3) is 2.93. The largest absolute Gasteiger partial charge is 0.304 e. The van der Waals surface area contributed by atoms with Crippen molar-refractivity contribution in [1.82, 2.24) is 4.90 Å². The van der Waals surface area contributed by atoms with Gasteiger partial charge in [0.15, 0.2) is 0 Å². The van der Waals surface area contributed by atoms with E-state index in [1.54, 1.807) is 0 Å². The van der Waals surface area contributed by atoms with Crippen LogP contribution < -0.4 is 5.90 Å². The van der Waals surface area contributed by atoms with Crippen LogP contribution in [0.3, 0.4) is 0 Å². The summed E-state index contributed by atoms with van der Waals surface area (Å²) in [5, 5.41) is 0. The van der Waals surface area contributed by atoms with Crippen LogP contribution in [0.25, 0.3) is 0 Å². The lowest BCUT2D eigenvalue weighted by Gasteiger charge is -2.24. The first kappa shape index (κ1) is 9.71. The summed E-state index contributed by atoms with van der Waals surface area (Å²) in [7, 11) is 0. The third-order valence-electron chi connectivity index (χ3n) is 2.38. The molecule has 0 unspecified atom stereocenters. The molecule has 12 heavy (non-hydrogen) atoms.